The molecule has 0 radical (unpaired) electrons. The van der Waals surface area contributed by atoms with E-state index in [4.69, 9.17) is 4.52 Å². The van der Waals surface area contributed by atoms with Gasteiger partial charge in [-0.3, -0.25) is 9.59 Å². The van der Waals surface area contributed by atoms with Gasteiger partial charge in [-0.05, 0) is 37.2 Å². The minimum absolute atomic E-state index is 0.0352. The second kappa shape index (κ2) is 7.94. The quantitative estimate of drug-likeness (QED) is 0.843. The number of amides is 2. The molecule has 0 unspecified atom stereocenters. The maximum absolute atomic E-state index is 12.8. The van der Waals surface area contributed by atoms with E-state index in [1.807, 2.05) is 18.2 Å². The maximum Gasteiger partial charge on any atom is 0.248 e. The van der Waals surface area contributed by atoms with Crippen LogP contribution in [0.2, 0.25) is 0 Å². The van der Waals surface area contributed by atoms with Gasteiger partial charge in [-0.25, -0.2) is 0 Å². The van der Waals surface area contributed by atoms with Crippen molar-refractivity contribution in [3.63, 3.8) is 0 Å². The first-order valence-electron chi connectivity index (χ1n) is 9.46. The molecule has 0 aliphatic carbocycles. The molecular formula is C21H27N3O3. The Kier molecular flexibility index (Phi) is 5.63. The molecule has 0 spiro atoms. The number of likely N-dealkylation sites (tertiary alicyclic amines) is 1. The number of anilines is 1. The van der Waals surface area contributed by atoms with Crippen LogP contribution < -0.4 is 5.32 Å². The van der Waals surface area contributed by atoms with Gasteiger partial charge in [0.15, 0.2) is 5.82 Å². The van der Waals surface area contributed by atoms with Crippen molar-refractivity contribution in [2.75, 3.05) is 11.9 Å². The summed E-state index contributed by atoms with van der Waals surface area (Å²) < 4.78 is 4.98. The molecule has 3 rings (SSSR count). The molecule has 27 heavy (non-hydrogen) atoms. The number of rotatable bonds is 6. The van der Waals surface area contributed by atoms with Crippen molar-refractivity contribution in [1.82, 2.24) is 10.1 Å². The number of aryl methyl sites for hydroxylation is 1. The number of carbonyl (C=O) groups is 2. The van der Waals surface area contributed by atoms with Gasteiger partial charge in [-0.15, -0.1) is 0 Å². The molecule has 6 heteroatoms. The van der Waals surface area contributed by atoms with Crippen molar-refractivity contribution >= 4 is 17.6 Å². The van der Waals surface area contributed by atoms with Gasteiger partial charge in [0.2, 0.25) is 11.8 Å². The van der Waals surface area contributed by atoms with E-state index in [1.54, 1.807) is 17.9 Å². The molecule has 1 aliphatic heterocycles. The largest absolute Gasteiger partial charge is 0.360 e. The average Bonchev–Trinajstić information content (AvgIpc) is 3.29. The molecule has 1 fully saturated rings. The van der Waals surface area contributed by atoms with E-state index in [9.17, 15) is 9.59 Å². The van der Waals surface area contributed by atoms with Gasteiger partial charge in [-0.2, -0.15) is 0 Å². The van der Waals surface area contributed by atoms with Crippen molar-refractivity contribution in [2.45, 2.75) is 57.9 Å². The van der Waals surface area contributed by atoms with Crippen LogP contribution in [0.1, 0.15) is 50.9 Å². The fraction of sp³-hybridized carbons (Fsp3) is 0.476. The van der Waals surface area contributed by atoms with Crippen molar-refractivity contribution < 1.29 is 14.1 Å². The van der Waals surface area contributed by atoms with Gasteiger partial charge in [0, 0.05) is 19.0 Å². The molecule has 1 aliphatic rings. The molecule has 1 aromatic carbocycles. The van der Waals surface area contributed by atoms with Crippen LogP contribution in [0, 0.1) is 6.92 Å². The minimum Gasteiger partial charge on any atom is -0.360 e. The molecule has 6 nitrogen and oxygen atoms in total. The van der Waals surface area contributed by atoms with Gasteiger partial charge in [-0.1, -0.05) is 49.3 Å². The van der Waals surface area contributed by atoms with E-state index in [1.165, 1.54) is 5.56 Å². The number of aromatic nitrogens is 1. The molecule has 1 saturated heterocycles. The Morgan fingerprint density at radius 2 is 2.04 bits per heavy atom. The fourth-order valence-corrected chi connectivity index (χ4v) is 3.57. The predicted molar refractivity (Wildman–Crippen MR) is 103 cm³/mol. The molecule has 1 N–H and O–H groups in total. The zero-order valence-corrected chi connectivity index (χ0v) is 16.2. The van der Waals surface area contributed by atoms with E-state index >= 15 is 0 Å². The van der Waals surface area contributed by atoms with Crippen LogP contribution in [0.3, 0.4) is 0 Å². The normalized spacial score (nSPS) is 17.1. The zero-order chi connectivity index (χ0) is 19.4. The Balaban J connectivity index is 1.59. The molecule has 2 heterocycles. The van der Waals surface area contributed by atoms with Gasteiger partial charge in [0.05, 0.1) is 0 Å². The van der Waals surface area contributed by atoms with Gasteiger partial charge in [0.1, 0.15) is 11.8 Å². The number of hydrogen-bond acceptors (Lipinski definition) is 4. The molecule has 2 amide bonds. The first-order chi connectivity index (χ1) is 12.9. The Labute approximate surface area is 159 Å². The minimum atomic E-state index is -0.436. The highest BCUT2D eigenvalue weighted by Crippen LogP contribution is 2.29. The van der Waals surface area contributed by atoms with E-state index in [-0.39, 0.29) is 17.2 Å². The summed E-state index contributed by atoms with van der Waals surface area (Å²) in [5, 5.41) is 6.54. The van der Waals surface area contributed by atoms with Crippen molar-refractivity contribution in [2.24, 2.45) is 0 Å². The summed E-state index contributed by atoms with van der Waals surface area (Å²) in [5.41, 5.74) is 1.13. The van der Waals surface area contributed by atoms with Crippen molar-refractivity contribution in [1.29, 1.82) is 0 Å². The molecular weight excluding hydrogens is 342 g/mol. The molecule has 2 aromatic rings. The Morgan fingerprint density at radius 1 is 1.30 bits per heavy atom. The second-order valence-electron chi connectivity index (χ2n) is 7.81. The number of carbonyl (C=O) groups excluding carboxylic acids is 2. The fourth-order valence-electron chi connectivity index (χ4n) is 3.57. The second-order valence-corrected chi connectivity index (χ2v) is 7.81. The van der Waals surface area contributed by atoms with Crippen molar-refractivity contribution in [3.05, 3.63) is 47.7 Å². The number of nitrogens with zero attached hydrogens (tertiary/aromatic N) is 2. The summed E-state index contributed by atoms with van der Waals surface area (Å²) in [6.45, 7) is 6.69. The topological polar surface area (TPSA) is 75.4 Å². The Bertz CT molecular complexity index is 798. The van der Waals surface area contributed by atoms with Crippen LogP contribution in [0.5, 0.6) is 0 Å². The van der Waals surface area contributed by atoms with Crippen LogP contribution in [0.25, 0.3) is 0 Å². The third-order valence-corrected chi connectivity index (χ3v) is 5.27. The van der Waals surface area contributed by atoms with Gasteiger partial charge < -0.3 is 14.7 Å². The van der Waals surface area contributed by atoms with E-state index in [0.29, 0.717) is 31.0 Å². The highest BCUT2D eigenvalue weighted by molar-refractivity contribution is 5.96. The standard InChI is InChI=1S/C21H27N3O3/c1-15-14-18(23-27-15)22-20(26)17-10-7-13-24(17)19(25)11-12-21(2,3)16-8-5-4-6-9-16/h4-6,8-9,14,17H,7,10-13H2,1-3H3,(H,22,23,26)/t17-/m0/s1. The summed E-state index contributed by atoms with van der Waals surface area (Å²) in [7, 11) is 0. The van der Waals surface area contributed by atoms with E-state index in [0.717, 1.165) is 12.8 Å². The SMILES string of the molecule is Cc1cc(NC(=O)[C@@H]2CCCN2C(=O)CCC(C)(C)c2ccccc2)no1. The molecule has 0 saturated carbocycles. The first-order valence-corrected chi connectivity index (χ1v) is 9.46. The van der Waals surface area contributed by atoms with Crippen LogP contribution in [0.4, 0.5) is 5.82 Å². The maximum atomic E-state index is 12.8. The predicted octanol–water partition coefficient (Wildman–Crippen LogP) is 3.67. The monoisotopic (exact) mass is 369 g/mol. The number of hydrogen-bond donors (Lipinski definition) is 1. The third kappa shape index (κ3) is 4.56. The highest BCUT2D eigenvalue weighted by Gasteiger charge is 2.35. The summed E-state index contributed by atoms with van der Waals surface area (Å²) in [5.74, 6) is 0.860. The average molecular weight is 369 g/mol. The Hall–Kier alpha value is -2.63. The number of nitrogens with one attached hydrogen (secondary N) is 1. The molecule has 0 bridgehead atoms. The summed E-state index contributed by atoms with van der Waals surface area (Å²) in [4.78, 5) is 27.1. The zero-order valence-electron chi connectivity index (χ0n) is 16.2. The van der Waals surface area contributed by atoms with Crippen LogP contribution in [-0.2, 0) is 15.0 Å². The summed E-state index contributed by atoms with van der Waals surface area (Å²) in [6, 6.07) is 11.5. The van der Waals surface area contributed by atoms with E-state index in [2.05, 4.69) is 36.5 Å². The Morgan fingerprint density at radius 3 is 2.70 bits per heavy atom. The highest BCUT2D eigenvalue weighted by atomic mass is 16.5. The van der Waals surface area contributed by atoms with Crippen LogP contribution in [-0.4, -0.2) is 34.5 Å². The smallest absolute Gasteiger partial charge is 0.248 e. The van der Waals surface area contributed by atoms with Crippen molar-refractivity contribution in [3.8, 4) is 0 Å². The lowest BCUT2D eigenvalue weighted by atomic mass is 9.80. The molecule has 1 atom stereocenters. The van der Waals surface area contributed by atoms with Crippen LogP contribution >= 0.6 is 0 Å². The van der Waals surface area contributed by atoms with Crippen LogP contribution in [0.15, 0.2) is 40.9 Å². The third-order valence-electron chi connectivity index (χ3n) is 5.27. The van der Waals surface area contributed by atoms with Gasteiger partial charge >= 0.3 is 0 Å². The summed E-state index contributed by atoms with van der Waals surface area (Å²) >= 11 is 0. The van der Waals surface area contributed by atoms with Gasteiger partial charge in [0.25, 0.3) is 0 Å². The summed E-state index contributed by atoms with van der Waals surface area (Å²) in [6.07, 6.45) is 2.68. The lowest BCUT2D eigenvalue weighted by Crippen LogP contribution is -2.43. The van der Waals surface area contributed by atoms with E-state index < -0.39 is 6.04 Å². The lowest BCUT2D eigenvalue weighted by Gasteiger charge is -2.28. The first kappa shape index (κ1) is 19.1. The molecule has 144 valence electrons. The lowest BCUT2D eigenvalue weighted by molar-refractivity contribution is -0.136. The molecule has 1 aromatic heterocycles. The number of benzene rings is 1.